The van der Waals surface area contributed by atoms with E-state index >= 15 is 0 Å². The highest BCUT2D eigenvalue weighted by molar-refractivity contribution is 5.29. The molecule has 0 rings (SSSR count). The fourth-order valence-corrected chi connectivity index (χ4v) is 5.26. The van der Waals surface area contributed by atoms with Crippen molar-refractivity contribution in [3.05, 3.63) is 60.5 Å². The summed E-state index contributed by atoms with van der Waals surface area (Å²) in [7, 11) is 0. The minimum absolute atomic E-state index is 0.336. The number of hydrogen-bond acceptors (Lipinski definition) is 1. The van der Waals surface area contributed by atoms with Gasteiger partial charge in [0.05, 0.1) is 0 Å². The van der Waals surface area contributed by atoms with E-state index in [4.69, 9.17) is 0 Å². The van der Waals surface area contributed by atoms with Crippen LogP contribution in [0.25, 0.3) is 0 Å². The molecule has 1 N–H and O–H groups in total. The zero-order chi connectivity index (χ0) is 23.0. The van der Waals surface area contributed by atoms with Gasteiger partial charge in [-0.25, -0.2) is 0 Å². The molecule has 2 atom stereocenters. The van der Waals surface area contributed by atoms with Gasteiger partial charge in [0.25, 0.3) is 0 Å². The topological polar surface area (TPSA) is 12.0 Å². The molecule has 0 fully saturated rings. The molecule has 2 unspecified atom stereocenters. The molecule has 0 aromatic rings. The Bertz CT molecular complexity index is 585. The van der Waals surface area contributed by atoms with Crippen molar-refractivity contribution in [3.8, 4) is 0 Å². The van der Waals surface area contributed by atoms with E-state index in [1.807, 2.05) is 13.0 Å². The summed E-state index contributed by atoms with van der Waals surface area (Å²) >= 11 is 0. The summed E-state index contributed by atoms with van der Waals surface area (Å²) in [4.78, 5) is 0. The SMILES string of the molecule is C=C/C=C(\C=C/CC(CC)(C(CC)CCCC)C(C)(CC)CC)NC(/C=C\C)=C/C. The Hall–Kier alpha value is -1.50. The molecular weight excluding hydrogens is 362 g/mol. The lowest BCUT2D eigenvalue weighted by molar-refractivity contribution is -0.0279. The summed E-state index contributed by atoms with van der Waals surface area (Å²) in [5, 5.41) is 3.53. The third-order valence-electron chi connectivity index (χ3n) is 7.60. The van der Waals surface area contributed by atoms with Crippen LogP contribution >= 0.6 is 0 Å². The van der Waals surface area contributed by atoms with Gasteiger partial charge in [-0.2, -0.15) is 0 Å². The van der Waals surface area contributed by atoms with Crippen molar-refractivity contribution in [2.45, 2.75) is 107 Å². The molecule has 30 heavy (non-hydrogen) atoms. The highest BCUT2D eigenvalue weighted by Gasteiger charge is 2.47. The molecule has 0 aliphatic carbocycles. The first-order valence-electron chi connectivity index (χ1n) is 12.4. The first-order chi connectivity index (χ1) is 14.4. The second-order valence-corrected chi connectivity index (χ2v) is 8.86. The predicted molar refractivity (Wildman–Crippen MR) is 138 cm³/mol. The van der Waals surface area contributed by atoms with Crippen LogP contribution in [0, 0.1) is 16.7 Å². The monoisotopic (exact) mass is 413 g/mol. The minimum Gasteiger partial charge on any atom is -0.356 e. The number of hydrogen-bond donors (Lipinski definition) is 1. The van der Waals surface area contributed by atoms with Crippen LogP contribution in [0.2, 0.25) is 0 Å². The van der Waals surface area contributed by atoms with Gasteiger partial charge in [-0.1, -0.05) is 105 Å². The Kier molecular flexibility index (Phi) is 14.6. The van der Waals surface area contributed by atoms with Gasteiger partial charge in [-0.15, -0.1) is 0 Å². The van der Waals surface area contributed by atoms with E-state index < -0.39 is 0 Å². The Labute approximate surface area is 189 Å². The maximum Gasteiger partial charge on any atom is 0.0380 e. The van der Waals surface area contributed by atoms with Crippen LogP contribution in [0.3, 0.4) is 0 Å². The summed E-state index contributed by atoms with van der Waals surface area (Å²) in [6.07, 6.45) is 25.0. The van der Waals surface area contributed by atoms with Crippen molar-refractivity contribution in [2.75, 3.05) is 0 Å². The van der Waals surface area contributed by atoms with Gasteiger partial charge in [0.15, 0.2) is 0 Å². The van der Waals surface area contributed by atoms with Crippen LogP contribution in [-0.2, 0) is 0 Å². The van der Waals surface area contributed by atoms with Crippen molar-refractivity contribution in [2.24, 2.45) is 16.7 Å². The lowest BCUT2D eigenvalue weighted by Crippen LogP contribution is -2.44. The zero-order valence-electron chi connectivity index (χ0n) is 21.5. The van der Waals surface area contributed by atoms with Gasteiger partial charge in [0.1, 0.15) is 0 Å². The Morgan fingerprint density at radius 1 is 0.967 bits per heavy atom. The van der Waals surface area contributed by atoms with Crippen LogP contribution in [-0.4, -0.2) is 0 Å². The molecular formula is C29H51N. The molecule has 0 spiro atoms. The van der Waals surface area contributed by atoms with Crippen LogP contribution in [0.1, 0.15) is 107 Å². The number of nitrogens with one attached hydrogen (secondary N) is 1. The quantitative estimate of drug-likeness (QED) is 0.248. The first-order valence-corrected chi connectivity index (χ1v) is 12.4. The van der Waals surface area contributed by atoms with Crippen molar-refractivity contribution < 1.29 is 0 Å². The number of rotatable bonds is 16. The molecule has 0 radical (unpaired) electrons. The number of unbranched alkanes of at least 4 members (excludes halogenated alkanes) is 1. The lowest BCUT2D eigenvalue weighted by atomic mass is 9.52. The smallest absolute Gasteiger partial charge is 0.0380 e. The third kappa shape index (κ3) is 7.64. The zero-order valence-corrected chi connectivity index (χ0v) is 21.5. The predicted octanol–water partition coefficient (Wildman–Crippen LogP) is 9.51. The second-order valence-electron chi connectivity index (χ2n) is 8.86. The van der Waals surface area contributed by atoms with E-state index in [9.17, 15) is 0 Å². The van der Waals surface area contributed by atoms with E-state index in [0.717, 1.165) is 23.7 Å². The van der Waals surface area contributed by atoms with Crippen molar-refractivity contribution in [1.82, 2.24) is 5.32 Å². The molecule has 172 valence electrons. The van der Waals surface area contributed by atoms with E-state index in [-0.39, 0.29) is 0 Å². The maximum absolute atomic E-state index is 3.91. The van der Waals surface area contributed by atoms with Gasteiger partial charge in [-0.05, 0) is 68.1 Å². The second kappa shape index (κ2) is 15.3. The van der Waals surface area contributed by atoms with Crippen molar-refractivity contribution in [3.63, 3.8) is 0 Å². The van der Waals surface area contributed by atoms with Crippen LogP contribution in [0.4, 0.5) is 0 Å². The summed E-state index contributed by atoms with van der Waals surface area (Å²) in [5.74, 6) is 0.769. The van der Waals surface area contributed by atoms with Crippen molar-refractivity contribution in [1.29, 1.82) is 0 Å². The van der Waals surface area contributed by atoms with Crippen LogP contribution < -0.4 is 5.32 Å². The standard InChI is InChI=1S/C29H51N/c1-10-18-22-25(13-4)29(17-8,28(9,15-6)16-7)24-19-23-27(21-12-3)30-26(14-5)20-11-2/h11-12,14,19-21,23,25,30H,3,10,13,15-18,22,24H2,1-2,4-9H3/b20-11-,23-19-,26-14+,27-21+. The molecule has 1 heteroatoms. The highest BCUT2D eigenvalue weighted by atomic mass is 14.9. The Morgan fingerprint density at radius 2 is 1.63 bits per heavy atom. The van der Waals surface area contributed by atoms with Gasteiger partial charge < -0.3 is 5.32 Å². The molecule has 0 heterocycles. The van der Waals surface area contributed by atoms with Gasteiger partial charge >= 0.3 is 0 Å². The first kappa shape index (κ1) is 28.5. The Morgan fingerprint density at radius 3 is 2.07 bits per heavy atom. The molecule has 0 aliphatic rings. The summed E-state index contributed by atoms with van der Waals surface area (Å²) in [6, 6.07) is 0. The van der Waals surface area contributed by atoms with Gasteiger partial charge in [0.2, 0.25) is 0 Å². The van der Waals surface area contributed by atoms with Crippen LogP contribution in [0.5, 0.6) is 0 Å². The van der Waals surface area contributed by atoms with E-state index in [2.05, 4.69) is 96.8 Å². The fourth-order valence-electron chi connectivity index (χ4n) is 5.26. The Balaban J connectivity index is 5.98. The average molecular weight is 414 g/mol. The molecule has 1 nitrogen and oxygen atoms in total. The summed E-state index contributed by atoms with van der Waals surface area (Å²) in [6.45, 7) is 22.5. The largest absolute Gasteiger partial charge is 0.356 e. The number of allylic oxidation sites excluding steroid dienone is 7. The van der Waals surface area contributed by atoms with E-state index in [1.165, 1.54) is 44.9 Å². The minimum atomic E-state index is 0.336. The normalized spacial score (nSPS) is 16.8. The van der Waals surface area contributed by atoms with E-state index in [1.54, 1.807) is 0 Å². The lowest BCUT2D eigenvalue weighted by Gasteiger charge is -2.53. The summed E-state index contributed by atoms with van der Waals surface area (Å²) < 4.78 is 0. The molecule has 0 aliphatic heterocycles. The third-order valence-corrected chi connectivity index (χ3v) is 7.60. The molecule has 0 amide bonds. The maximum atomic E-state index is 3.91. The molecule has 0 saturated carbocycles. The summed E-state index contributed by atoms with van der Waals surface area (Å²) in [5.41, 5.74) is 2.90. The highest BCUT2D eigenvalue weighted by Crippen LogP contribution is 2.56. The van der Waals surface area contributed by atoms with Crippen molar-refractivity contribution >= 4 is 0 Å². The molecule has 0 saturated heterocycles. The molecule has 0 bridgehead atoms. The fraction of sp³-hybridized carbons (Fsp3) is 0.655. The van der Waals surface area contributed by atoms with Gasteiger partial charge in [0, 0.05) is 11.4 Å². The van der Waals surface area contributed by atoms with E-state index in [0.29, 0.717) is 10.8 Å². The molecule has 0 aromatic heterocycles. The van der Waals surface area contributed by atoms with Crippen LogP contribution in [0.15, 0.2) is 60.5 Å². The van der Waals surface area contributed by atoms with Gasteiger partial charge in [-0.3, -0.25) is 0 Å². The average Bonchev–Trinajstić information content (AvgIpc) is 2.77. The molecule has 0 aromatic carbocycles.